The number of aromatic nitrogens is 4. The molecular weight excluding hydrogens is 458 g/mol. The number of hydrogen-bond acceptors (Lipinski definition) is 7. The van der Waals surface area contributed by atoms with Crippen molar-refractivity contribution in [2.45, 2.75) is 44.8 Å². The average Bonchev–Trinajstić information content (AvgIpc) is 3.45. The fourth-order valence-corrected chi connectivity index (χ4v) is 5.21. The van der Waals surface area contributed by atoms with E-state index < -0.39 is 11.9 Å². The van der Waals surface area contributed by atoms with Crippen molar-refractivity contribution in [3.05, 3.63) is 59.0 Å². The van der Waals surface area contributed by atoms with Crippen LogP contribution in [0.1, 0.15) is 53.0 Å². The predicted molar refractivity (Wildman–Crippen MR) is 128 cm³/mol. The van der Waals surface area contributed by atoms with Crippen LogP contribution in [0.5, 0.6) is 0 Å². The summed E-state index contributed by atoms with van der Waals surface area (Å²) >= 11 is 0. The number of imide groups is 1. The van der Waals surface area contributed by atoms with E-state index in [0.717, 1.165) is 48.5 Å². The molecule has 3 amide bonds. The molecule has 10 heteroatoms. The van der Waals surface area contributed by atoms with Crippen LogP contribution in [-0.2, 0) is 22.7 Å². The molecule has 6 rings (SSSR count). The van der Waals surface area contributed by atoms with Gasteiger partial charge in [-0.15, -0.1) is 10.2 Å². The van der Waals surface area contributed by atoms with Gasteiger partial charge < -0.3 is 4.90 Å². The Kier molecular flexibility index (Phi) is 5.70. The molecule has 36 heavy (non-hydrogen) atoms. The summed E-state index contributed by atoms with van der Waals surface area (Å²) in [6.07, 6.45) is 4.23. The Bertz CT molecular complexity index is 1430. The van der Waals surface area contributed by atoms with Crippen molar-refractivity contribution in [1.29, 1.82) is 0 Å². The van der Waals surface area contributed by atoms with E-state index in [4.69, 9.17) is 0 Å². The fourth-order valence-electron chi connectivity index (χ4n) is 5.21. The number of amides is 3. The molecule has 3 aliphatic rings. The van der Waals surface area contributed by atoms with E-state index in [1.807, 2.05) is 24.3 Å². The Balaban J connectivity index is 1.11. The molecule has 0 bridgehead atoms. The molecule has 0 saturated carbocycles. The third-order valence-electron chi connectivity index (χ3n) is 7.19. The van der Waals surface area contributed by atoms with E-state index in [0.29, 0.717) is 25.1 Å². The van der Waals surface area contributed by atoms with Gasteiger partial charge in [-0.1, -0.05) is 17.9 Å². The first-order valence-electron chi connectivity index (χ1n) is 12.2. The monoisotopic (exact) mass is 483 g/mol. The largest absolute Gasteiger partial charge is 0.322 e. The number of nitrogens with one attached hydrogen (secondary N) is 1. The van der Waals surface area contributed by atoms with Crippen molar-refractivity contribution in [3.63, 3.8) is 0 Å². The van der Waals surface area contributed by atoms with Crippen molar-refractivity contribution in [1.82, 2.24) is 34.9 Å². The highest BCUT2D eigenvalue weighted by atomic mass is 16.2. The summed E-state index contributed by atoms with van der Waals surface area (Å²) < 4.78 is 1.78. The van der Waals surface area contributed by atoms with Crippen molar-refractivity contribution in [3.8, 4) is 11.8 Å². The van der Waals surface area contributed by atoms with Crippen LogP contribution in [0, 0.1) is 17.8 Å². The lowest BCUT2D eigenvalue weighted by molar-refractivity contribution is -0.136. The normalized spacial score (nSPS) is 20.8. The first kappa shape index (κ1) is 22.4. The van der Waals surface area contributed by atoms with E-state index in [2.05, 4.69) is 37.4 Å². The van der Waals surface area contributed by atoms with Crippen LogP contribution in [0.25, 0.3) is 5.65 Å². The lowest BCUT2D eigenvalue weighted by Crippen LogP contribution is -2.52. The number of benzene rings is 1. The Morgan fingerprint density at radius 2 is 1.89 bits per heavy atom. The van der Waals surface area contributed by atoms with E-state index in [1.54, 1.807) is 21.7 Å². The minimum atomic E-state index is -0.620. The van der Waals surface area contributed by atoms with Crippen LogP contribution in [0.15, 0.2) is 36.5 Å². The van der Waals surface area contributed by atoms with Crippen molar-refractivity contribution in [2.75, 3.05) is 13.1 Å². The van der Waals surface area contributed by atoms with Crippen molar-refractivity contribution >= 4 is 23.4 Å². The molecule has 0 aliphatic carbocycles. The van der Waals surface area contributed by atoms with E-state index >= 15 is 0 Å². The number of fused-ring (bicyclic) bond motifs is 2. The molecule has 1 aromatic carbocycles. The van der Waals surface area contributed by atoms with Crippen molar-refractivity contribution < 1.29 is 14.4 Å². The van der Waals surface area contributed by atoms with Crippen LogP contribution < -0.4 is 5.32 Å². The summed E-state index contributed by atoms with van der Waals surface area (Å²) in [7, 11) is 0. The topological polar surface area (TPSA) is 113 Å². The standard InChI is InChI=1S/C26H25N7O3/c34-24-9-8-21(25(35)28-24)32-15-20-18(3-1-4-19(20)26(32)36)7-6-17-10-13-31(14-11-17)16-23-30-29-22-5-2-12-27-33(22)23/h1-5,12,17,21H,8-11,13-16H2,(H,28,34,35). The SMILES string of the molecule is O=C1CCC(N2Cc3c(C#CC4CCN(Cc5nnc6cccnn56)CC4)cccc3C2=O)C(=O)N1. The second-order valence-electron chi connectivity index (χ2n) is 9.46. The lowest BCUT2D eigenvalue weighted by atomic mass is 9.96. The van der Waals surface area contributed by atoms with Gasteiger partial charge in [0.05, 0.1) is 6.54 Å². The molecule has 2 aromatic heterocycles. The lowest BCUT2D eigenvalue weighted by Gasteiger charge is -2.29. The van der Waals surface area contributed by atoms with Gasteiger partial charge in [0.1, 0.15) is 6.04 Å². The second kappa shape index (κ2) is 9.17. The number of piperidine rings is 2. The molecule has 1 unspecified atom stereocenters. The van der Waals surface area contributed by atoms with Crippen molar-refractivity contribution in [2.24, 2.45) is 5.92 Å². The summed E-state index contributed by atoms with van der Waals surface area (Å²) in [5.41, 5.74) is 3.04. The summed E-state index contributed by atoms with van der Waals surface area (Å²) in [4.78, 5) is 40.8. The van der Waals surface area contributed by atoms with Crippen LogP contribution in [0.4, 0.5) is 0 Å². The number of carbonyl (C=O) groups is 3. The first-order valence-corrected chi connectivity index (χ1v) is 12.2. The molecule has 0 radical (unpaired) electrons. The molecule has 1 atom stereocenters. The van der Waals surface area contributed by atoms with Gasteiger partial charge >= 0.3 is 0 Å². The van der Waals surface area contributed by atoms with Gasteiger partial charge in [0.2, 0.25) is 11.8 Å². The zero-order valence-corrected chi connectivity index (χ0v) is 19.7. The highest BCUT2D eigenvalue weighted by Gasteiger charge is 2.39. The molecule has 0 spiro atoms. The van der Waals surface area contributed by atoms with Crippen LogP contribution in [-0.4, -0.2) is 66.5 Å². The van der Waals surface area contributed by atoms with Gasteiger partial charge in [0.25, 0.3) is 5.91 Å². The Hall–Kier alpha value is -4.10. The van der Waals surface area contributed by atoms with Crippen LogP contribution >= 0.6 is 0 Å². The van der Waals surface area contributed by atoms with Gasteiger partial charge in [-0.3, -0.25) is 24.6 Å². The average molecular weight is 484 g/mol. The molecule has 10 nitrogen and oxygen atoms in total. The minimum absolute atomic E-state index is 0.174. The van der Waals surface area contributed by atoms with Gasteiger partial charge in [-0.05, 0) is 62.2 Å². The minimum Gasteiger partial charge on any atom is -0.322 e. The number of likely N-dealkylation sites (tertiary alicyclic amines) is 1. The zero-order chi connectivity index (χ0) is 24.6. The van der Waals surface area contributed by atoms with Gasteiger partial charge in [-0.2, -0.15) is 9.61 Å². The second-order valence-corrected chi connectivity index (χ2v) is 9.46. The number of hydrogen-bond donors (Lipinski definition) is 1. The molecule has 2 fully saturated rings. The summed E-state index contributed by atoms with van der Waals surface area (Å²) in [6, 6.07) is 8.69. The summed E-state index contributed by atoms with van der Waals surface area (Å²) in [5.74, 6) is 6.99. The molecule has 1 N–H and O–H groups in total. The maximum atomic E-state index is 13.0. The first-order chi connectivity index (χ1) is 17.6. The Morgan fingerprint density at radius 3 is 2.72 bits per heavy atom. The van der Waals surface area contributed by atoms with E-state index in [9.17, 15) is 14.4 Å². The third kappa shape index (κ3) is 4.12. The highest BCUT2D eigenvalue weighted by molar-refractivity contribution is 6.05. The van der Waals surface area contributed by atoms with Gasteiger partial charge in [-0.25, -0.2) is 0 Å². The Labute approximate surface area is 207 Å². The smallest absolute Gasteiger partial charge is 0.255 e. The maximum Gasteiger partial charge on any atom is 0.255 e. The fraction of sp³-hybridized carbons (Fsp3) is 0.385. The quantitative estimate of drug-likeness (QED) is 0.439. The van der Waals surface area contributed by atoms with Gasteiger partial charge in [0, 0.05) is 36.2 Å². The summed E-state index contributed by atoms with van der Waals surface area (Å²) in [6.45, 7) is 2.86. The van der Waals surface area contributed by atoms with Crippen LogP contribution in [0.3, 0.4) is 0 Å². The summed E-state index contributed by atoms with van der Waals surface area (Å²) in [5, 5.41) is 15.1. The number of carbonyl (C=O) groups excluding carboxylic acids is 3. The number of nitrogens with zero attached hydrogens (tertiary/aromatic N) is 6. The van der Waals surface area contributed by atoms with Gasteiger partial charge in [0.15, 0.2) is 11.5 Å². The molecule has 182 valence electrons. The Morgan fingerprint density at radius 1 is 1.03 bits per heavy atom. The highest BCUT2D eigenvalue weighted by Crippen LogP contribution is 2.29. The molecular formula is C26H25N7O3. The number of rotatable bonds is 3. The molecule has 2 saturated heterocycles. The van der Waals surface area contributed by atoms with E-state index in [-0.39, 0.29) is 24.2 Å². The molecule has 5 heterocycles. The predicted octanol–water partition coefficient (Wildman–Crippen LogP) is 1.15. The third-order valence-corrected chi connectivity index (χ3v) is 7.19. The van der Waals surface area contributed by atoms with Crippen LogP contribution in [0.2, 0.25) is 0 Å². The van der Waals surface area contributed by atoms with E-state index in [1.165, 1.54) is 0 Å². The molecule has 3 aromatic rings. The maximum absolute atomic E-state index is 13.0. The molecule has 3 aliphatic heterocycles. The zero-order valence-electron chi connectivity index (χ0n) is 19.7.